The molecule has 0 bridgehead atoms. The van der Waals surface area contributed by atoms with E-state index in [1.54, 1.807) is 6.20 Å². The molecule has 1 heterocycles. The van der Waals surface area contributed by atoms with Crippen LogP contribution in [0.25, 0.3) is 0 Å². The summed E-state index contributed by atoms with van der Waals surface area (Å²) in [5.41, 5.74) is 1.24. The van der Waals surface area contributed by atoms with Crippen molar-refractivity contribution in [3.8, 4) is 5.75 Å². The molecule has 0 saturated heterocycles. The molecular weight excluding hydrogens is 266 g/mol. The van der Waals surface area contributed by atoms with E-state index in [0.717, 1.165) is 25.3 Å². The van der Waals surface area contributed by atoms with E-state index in [1.807, 2.05) is 35.1 Å². The molecule has 1 aromatic carbocycles. The zero-order valence-electron chi connectivity index (χ0n) is 12.4. The van der Waals surface area contributed by atoms with Gasteiger partial charge in [0.15, 0.2) is 0 Å². The van der Waals surface area contributed by atoms with Crippen LogP contribution < -0.4 is 10.1 Å². The fraction of sp³-hybridized carbons (Fsp3) is 0.438. The number of ether oxygens (including phenoxy) is 1. The van der Waals surface area contributed by atoms with Gasteiger partial charge in [-0.3, -0.25) is 4.68 Å². The maximum atomic E-state index is 9.88. The first-order valence-corrected chi connectivity index (χ1v) is 7.36. The number of aryl methyl sites for hydroxylation is 1. The van der Waals surface area contributed by atoms with E-state index in [4.69, 9.17) is 4.74 Å². The Kier molecular flexibility index (Phi) is 6.24. The summed E-state index contributed by atoms with van der Waals surface area (Å²) in [4.78, 5) is 0. The third-order valence-electron chi connectivity index (χ3n) is 3.21. The van der Waals surface area contributed by atoms with Gasteiger partial charge in [-0.05, 0) is 30.2 Å². The van der Waals surface area contributed by atoms with E-state index in [9.17, 15) is 5.11 Å². The molecule has 5 heteroatoms. The Hall–Kier alpha value is -1.85. The van der Waals surface area contributed by atoms with Crippen molar-refractivity contribution in [2.75, 3.05) is 19.7 Å². The van der Waals surface area contributed by atoms with Crippen molar-refractivity contribution in [1.29, 1.82) is 0 Å². The van der Waals surface area contributed by atoms with E-state index in [1.165, 1.54) is 5.56 Å². The topological polar surface area (TPSA) is 59.3 Å². The van der Waals surface area contributed by atoms with Crippen LogP contribution in [0.4, 0.5) is 0 Å². The van der Waals surface area contributed by atoms with Gasteiger partial charge in [-0.1, -0.05) is 19.1 Å². The SMILES string of the molecule is CCc1cccc(OCC(O)CNCCn2cccn2)c1. The van der Waals surface area contributed by atoms with Gasteiger partial charge in [0.05, 0.1) is 6.54 Å². The fourth-order valence-electron chi connectivity index (χ4n) is 2.00. The number of aromatic nitrogens is 2. The zero-order chi connectivity index (χ0) is 14.9. The minimum atomic E-state index is -0.520. The van der Waals surface area contributed by atoms with Crippen LogP contribution in [0.15, 0.2) is 42.7 Å². The maximum Gasteiger partial charge on any atom is 0.119 e. The number of benzene rings is 1. The third kappa shape index (κ3) is 5.57. The van der Waals surface area contributed by atoms with Crippen LogP contribution in [0.3, 0.4) is 0 Å². The lowest BCUT2D eigenvalue weighted by atomic mass is 10.2. The lowest BCUT2D eigenvalue weighted by Gasteiger charge is -2.13. The summed E-state index contributed by atoms with van der Waals surface area (Å²) in [6, 6.07) is 9.87. The van der Waals surface area contributed by atoms with Crippen LogP contribution in [0.1, 0.15) is 12.5 Å². The molecule has 2 rings (SSSR count). The van der Waals surface area contributed by atoms with Gasteiger partial charge < -0.3 is 15.2 Å². The smallest absolute Gasteiger partial charge is 0.119 e. The Morgan fingerprint density at radius 3 is 3.05 bits per heavy atom. The van der Waals surface area contributed by atoms with Crippen LogP contribution >= 0.6 is 0 Å². The predicted octanol–water partition coefficient (Wildman–Crippen LogP) is 1.47. The zero-order valence-corrected chi connectivity index (χ0v) is 12.4. The largest absolute Gasteiger partial charge is 0.491 e. The second-order valence-electron chi connectivity index (χ2n) is 4.94. The number of hydrogen-bond donors (Lipinski definition) is 2. The van der Waals surface area contributed by atoms with Gasteiger partial charge in [-0.2, -0.15) is 5.10 Å². The highest BCUT2D eigenvalue weighted by Gasteiger charge is 2.05. The third-order valence-corrected chi connectivity index (χ3v) is 3.21. The summed E-state index contributed by atoms with van der Waals surface area (Å²) in [5, 5.41) is 17.2. The van der Waals surface area contributed by atoms with Crippen molar-refractivity contribution in [3.63, 3.8) is 0 Å². The minimum Gasteiger partial charge on any atom is -0.491 e. The van der Waals surface area contributed by atoms with Gasteiger partial charge in [0, 0.05) is 25.5 Å². The monoisotopic (exact) mass is 289 g/mol. The van der Waals surface area contributed by atoms with E-state index < -0.39 is 6.10 Å². The molecule has 0 amide bonds. The predicted molar refractivity (Wildman–Crippen MR) is 82.4 cm³/mol. The number of aliphatic hydroxyl groups excluding tert-OH is 1. The van der Waals surface area contributed by atoms with Crippen molar-refractivity contribution in [3.05, 3.63) is 48.3 Å². The first kappa shape index (κ1) is 15.5. The maximum absolute atomic E-state index is 9.88. The molecular formula is C16H23N3O2. The second kappa shape index (κ2) is 8.44. The molecule has 1 atom stereocenters. The van der Waals surface area contributed by atoms with Gasteiger partial charge in [0.1, 0.15) is 18.5 Å². The van der Waals surface area contributed by atoms with Crippen molar-refractivity contribution in [2.24, 2.45) is 0 Å². The van der Waals surface area contributed by atoms with Crippen LogP contribution in [0.5, 0.6) is 5.75 Å². The molecule has 0 saturated carbocycles. The molecule has 0 radical (unpaired) electrons. The lowest BCUT2D eigenvalue weighted by molar-refractivity contribution is 0.106. The molecule has 2 N–H and O–H groups in total. The molecule has 114 valence electrons. The molecule has 0 spiro atoms. The van der Waals surface area contributed by atoms with E-state index in [0.29, 0.717) is 13.2 Å². The summed E-state index contributed by atoms with van der Waals surface area (Å²) in [6.45, 7) is 4.47. The summed E-state index contributed by atoms with van der Waals surface area (Å²) >= 11 is 0. The summed E-state index contributed by atoms with van der Waals surface area (Å²) in [7, 11) is 0. The highest BCUT2D eigenvalue weighted by Crippen LogP contribution is 2.13. The molecule has 5 nitrogen and oxygen atoms in total. The number of aliphatic hydroxyl groups is 1. The molecule has 0 aliphatic heterocycles. The standard InChI is InChI=1S/C16H23N3O2/c1-2-14-5-3-6-16(11-14)21-13-15(20)12-17-8-10-19-9-4-7-18-19/h3-7,9,11,15,17,20H,2,8,10,12-13H2,1H3. The van der Waals surface area contributed by atoms with Crippen LogP contribution in [0.2, 0.25) is 0 Å². The van der Waals surface area contributed by atoms with E-state index in [2.05, 4.69) is 23.4 Å². The second-order valence-corrected chi connectivity index (χ2v) is 4.94. The molecule has 21 heavy (non-hydrogen) atoms. The first-order valence-electron chi connectivity index (χ1n) is 7.36. The Balaban J connectivity index is 1.61. The Bertz CT molecular complexity index is 514. The molecule has 0 aliphatic rings. The molecule has 1 unspecified atom stereocenters. The van der Waals surface area contributed by atoms with Gasteiger partial charge in [-0.15, -0.1) is 0 Å². The van der Waals surface area contributed by atoms with Crippen LogP contribution in [-0.4, -0.2) is 40.7 Å². The van der Waals surface area contributed by atoms with E-state index >= 15 is 0 Å². The van der Waals surface area contributed by atoms with Gasteiger partial charge in [0.25, 0.3) is 0 Å². The number of rotatable bonds is 9. The Morgan fingerprint density at radius 1 is 1.38 bits per heavy atom. The van der Waals surface area contributed by atoms with Crippen LogP contribution in [-0.2, 0) is 13.0 Å². The Labute approximate surface area is 125 Å². The van der Waals surface area contributed by atoms with Crippen molar-refractivity contribution in [2.45, 2.75) is 26.0 Å². The summed E-state index contributed by atoms with van der Waals surface area (Å²) in [5.74, 6) is 0.810. The summed E-state index contributed by atoms with van der Waals surface area (Å²) in [6.07, 6.45) is 4.14. The quantitative estimate of drug-likeness (QED) is 0.686. The molecule has 1 aromatic heterocycles. The van der Waals surface area contributed by atoms with Gasteiger partial charge in [-0.25, -0.2) is 0 Å². The average Bonchev–Trinajstić information content (AvgIpc) is 3.03. The first-order chi connectivity index (χ1) is 10.3. The van der Waals surface area contributed by atoms with Gasteiger partial charge in [0.2, 0.25) is 0 Å². The fourth-order valence-corrected chi connectivity index (χ4v) is 2.00. The van der Waals surface area contributed by atoms with Crippen molar-refractivity contribution >= 4 is 0 Å². The van der Waals surface area contributed by atoms with Crippen molar-refractivity contribution in [1.82, 2.24) is 15.1 Å². The normalized spacial score (nSPS) is 12.3. The average molecular weight is 289 g/mol. The summed E-state index contributed by atoms with van der Waals surface area (Å²) < 4.78 is 7.46. The van der Waals surface area contributed by atoms with Crippen molar-refractivity contribution < 1.29 is 9.84 Å². The number of hydrogen-bond acceptors (Lipinski definition) is 4. The van der Waals surface area contributed by atoms with Gasteiger partial charge >= 0.3 is 0 Å². The highest BCUT2D eigenvalue weighted by atomic mass is 16.5. The Morgan fingerprint density at radius 2 is 2.29 bits per heavy atom. The molecule has 0 fully saturated rings. The lowest BCUT2D eigenvalue weighted by Crippen LogP contribution is -2.33. The number of nitrogens with one attached hydrogen (secondary N) is 1. The highest BCUT2D eigenvalue weighted by molar-refractivity contribution is 5.28. The molecule has 0 aliphatic carbocycles. The van der Waals surface area contributed by atoms with Crippen LogP contribution in [0, 0.1) is 0 Å². The minimum absolute atomic E-state index is 0.294. The van der Waals surface area contributed by atoms with E-state index in [-0.39, 0.29) is 0 Å². The number of nitrogens with zero attached hydrogens (tertiary/aromatic N) is 2. The molecule has 2 aromatic rings.